The van der Waals surface area contributed by atoms with Gasteiger partial charge in [-0.3, -0.25) is 4.79 Å². The number of benzene rings is 2. The normalized spacial score (nSPS) is 11.2. The summed E-state index contributed by atoms with van der Waals surface area (Å²) < 4.78 is 37.3. The molecule has 1 amide bonds. The molecule has 0 aliphatic heterocycles. The van der Waals surface area contributed by atoms with Gasteiger partial charge in [0.1, 0.15) is 17.1 Å². The van der Waals surface area contributed by atoms with Crippen molar-refractivity contribution < 1.29 is 28.2 Å². The highest BCUT2D eigenvalue weighted by Gasteiger charge is 2.29. The SMILES string of the molecule is O=C(NCc1ccc(C(F)(F)F)cc1)c1c(O)cccc1O. The third-order valence-corrected chi connectivity index (χ3v) is 2.98. The van der Waals surface area contributed by atoms with Crippen LogP contribution < -0.4 is 5.32 Å². The number of alkyl halides is 3. The van der Waals surface area contributed by atoms with E-state index in [4.69, 9.17) is 0 Å². The molecular weight excluding hydrogens is 299 g/mol. The Morgan fingerprint density at radius 3 is 2.05 bits per heavy atom. The smallest absolute Gasteiger partial charge is 0.416 e. The summed E-state index contributed by atoms with van der Waals surface area (Å²) in [5.74, 6) is -1.50. The summed E-state index contributed by atoms with van der Waals surface area (Å²) in [5, 5.41) is 21.5. The minimum atomic E-state index is -4.41. The van der Waals surface area contributed by atoms with Crippen LogP contribution in [0.2, 0.25) is 0 Å². The van der Waals surface area contributed by atoms with Crippen LogP contribution in [0.3, 0.4) is 0 Å². The van der Waals surface area contributed by atoms with Gasteiger partial charge in [-0.25, -0.2) is 0 Å². The lowest BCUT2D eigenvalue weighted by Crippen LogP contribution is -2.23. The number of nitrogens with one attached hydrogen (secondary N) is 1. The van der Waals surface area contributed by atoms with E-state index in [1.165, 1.54) is 30.3 Å². The Kier molecular flexibility index (Phi) is 4.25. The van der Waals surface area contributed by atoms with E-state index in [9.17, 15) is 28.2 Å². The van der Waals surface area contributed by atoms with Gasteiger partial charge in [0.2, 0.25) is 0 Å². The van der Waals surface area contributed by atoms with Gasteiger partial charge in [0.15, 0.2) is 0 Å². The Bertz CT molecular complexity index is 661. The van der Waals surface area contributed by atoms with Gasteiger partial charge in [-0.2, -0.15) is 13.2 Å². The average Bonchev–Trinajstić information content (AvgIpc) is 2.44. The van der Waals surface area contributed by atoms with Crippen LogP contribution in [0.25, 0.3) is 0 Å². The second kappa shape index (κ2) is 5.97. The predicted octanol–water partition coefficient (Wildman–Crippen LogP) is 3.05. The third kappa shape index (κ3) is 3.49. The summed E-state index contributed by atoms with van der Waals surface area (Å²) in [6, 6.07) is 8.18. The molecule has 0 spiro atoms. The molecule has 2 rings (SSSR count). The maximum atomic E-state index is 12.4. The van der Waals surface area contributed by atoms with Crippen molar-refractivity contribution in [2.75, 3.05) is 0 Å². The number of carbonyl (C=O) groups excluding carboxylic acids is 1. The molecule has 4 nitrogen and oxygen atoms in total. The van der Waals surface area contributed by atoms with Crippen molar-refractivity contribution in [3.8, 4) is 11.5 Å². The minimum Gasteiger partial charge on any atom is -0.507 e. The number of aromatic hydroxyl groups is 2. The topological polar surface area (TPSA) is 69.6 Å². The molecule has 0 atom stereocenters. The highest BCUT2D eigenvalue weighted by Crippen LogP contribution is 2.29. The zero-order valence-electron chi connectivity index (χ0n) is 11.2. The summed E-state index contributed by atoms with van der Waals surface area (Å²) in [6.45, 7) is -0.0370. The standard InChI is InChI=1S/C15H12F3NO3/c16-15(17,18)10-6-4-9(5-7-10)8-19-14(22)13-11(20)2-1-3-12(13)21/h1-7,20-21H,8H2,(H,19,22). The fourth-order valence-corrected chi connectivity index (χ4v) is 1.84. The van der Waals surface area contributed by atoms with Crippen LogP contribution in [0.1, 0.15) is 21.5 Å². The van der Waals surface area contributed by atoms with E-state index >= 15 is 0 Å². The number of hydrogen-bond acceptors (Lipinski definition) is 3. The van der Waals surface area contributed by atoms with Gasteiger partial charge in [0, 0.05) is 6.54 Å². The number of phenolic OH excluding ortho intramolecular Hbond substituents is 2. The monoisotopic (exact) mass is 311 g/mol. The van der Waals surface area contributed by atoms with E-state index in [-0.39, 0.29) is 23.6 Å². The second-order valence-electron chi connectivity index (χ2n) is 4.55. The molecule has 0 fully saturated rings. The fourth-order valence-electron chi connectivity index (χ4n) is 1.84. The first-order valence-electron chi connectivity index (χ1n) is 6.24. The Hall–Kier alpha value is -2.70. The maximum Gasteiger partial charge on any atom is 0.416 e. The number of hydrogen-bond donors (Lipinski definition) is 3. The number of carbonyl (C=O) groups is 1. The molecule has 7 heteroatoms. The molecule has 0 saturated carbocycles. The van der Waals surface area contributed by atoms with Crippen molar-refractivity contribution in [1.29, 1.82) is 0 Å². The average molecular weight is 311 g/mol. The molecule has 0 saturated heterocycles. The number of halogens is 3. The Balaban J connectivity index is 2.06. The Morgan fingerprint density at radius 2 is 1.55 bits per heavy atom. The van der Waals surface area contributed by atoms with Crippen molar-refractivity contribution in [1.82, 2.24) is 5.32 Å². The molecule has 22 heavy (non-hydrogen) atoms. The lowest BCUT2D eigenvalue weighted by atomic mass is 10.1. The largest absolute Gasteiger partial charge is 0.507 e. The van der Waals surface area contributed by atoms with Crippen LogP contribution in [0, 0.1) is 0 Å². The van der Waals surface area contributed by atoms with Gasteiger partial charge in [-0.1, -0.05) is 18.2 Å². The Morgan fingerprint density at radius 1 is 1.00 bits per heavy atom. The van der Waals surface area contributed by atoms with Crippen molar-refractivity contribution in [2.24, 2.45) is 0 Å². The van der Waals surface area contributed by atoms with Gasteiger partial charge in [-0.05, 0) is 29.8 Å². The molecule has 0 radical (unpaired) electrons. The van der Waals surface area contributed by atoms with Crippen molar-refractivity contribution >= 4 is 5.91 Å². The van der Waals surface area contributed by atoms with E-state index in [1.54, 1.807) is 0 Å². The highest BCUT2D eigenvalue weighted by molar-refractivity contribution is 5.99. The van der Waals surface area contributed by atoms with Crippen molar-refractivity contribution in [3.63, 3.8) is 0 Å². The molecule has 0 heterocycles. The van der Waals surface area contributed by atoms with Gasteiger partial charge >= 0.3 is 6.18 Å². The van der Waals surface area contributed by atoms with E-state index < -0.39 is 17.6 Å². The Labute approximate surface area is 123 Å². The molecule has 3 N–H and O–H groups in total. The quantitative estimate of drug-likeness (QED) is 0.816. The molecule has 0 aromatic heterocycles. The van der Waals surface area contributed by atoms with E-state index in [0.717, 1.165) is 12.1 Å². The molecule has 2 aromatic rings. The van der Waals surface area contributed by atoms with Crippen LogP contribution in [-0.4, -0.2) is 16.1 Å². The summed E-state index contributed by atoms with van der Waals surface area (Å²) in [7, 11) is 0. The van der Waals surface area contributed by atoms with E-state index in [2.05, 4.69) is 5.32 Å². The fraction of sp³-hybridized carbons (Fsp3) is 0.133. The van der Waals surface area contributed by atoms with Crippen LogP contribution in [-0.2, 0) is 12.7 Å². The third-order valence-electron chi connectivity index (χ3n) is 2.98. The number of phenols is 2. The van der Waals surface area contributed by atoms with Crippen LogP contribution in [0.4, 0.5) is 13.2 Å². The van der Waals surface area contributed by atoms with E-state index in [0.29, 0.717) is 5.56 Å². The van der Waals surface area contributed by atoms with Crippen LogP contribution >= 0.6 is 0 Å². The number of rotatable bonds is 3. The number of amides is 1. The predicted molar refractivity (Wildman–Crippen MR) is 72.4 cm³/mol. The molecule has 0 unspecified atom stereocenters. The van der Waals surface area contributed by atoms with Crippen molar-refractivity contribution in [3.05, 3.63) is 59.2 Å². The maximum absolute atomic E-state index is 12.4. The van der Waals surface area contributed by atoms with Gasteiger partial charge < -0.3 is 15.5 Å². The molecule has 0 aliphatic carbocycles. The lowest BCUT2D eigenvalue weighted by Gasteiger charge is -2.10. The molecule has 2 aromatic carbocycles. The summed E-state index contributed by atoms with van der Waals surface area (Å²) >= 11 is 0. The first-order valence-corrected chi connectivity index (χ1v) is 6.24. The minimum absolute atomic E-state index is 0.0370. The van der Waals surface area contributed by atoms with E-state index in [1.807, 2.05) is 0 Å². The zero-order valence-corrected chi connectivity index (χ0v) is 11.2. The lowest BCUT2D eigenvalue weighted by molar-refractivity contribution is -0.137. The molecule has 0 bridgehead atoms. The van der Waals surface area contributed by atoms with Gasteiger partial charge in [-0.15, -0.1) is 0 Å². The first kappa shape index (κ1) is 15.7. The van der Waals surface area contributed by atoms with Crippen molar-refractivity contribution in [2.45, 2.75) is 12.7 Å². The summed E-state index contributed by atoms with van der Waals surface area (Å²) in [5.41, 5.74) is -0.605. The molecule has 0 aliphatic rings. The van der Waals surface area contributed by atoms with Crippen LogP contribution in [0.15, 0.2) is 42.5 Å². The second-order valence-corrected chi connectivity index (χ2v) is 4.55. The van der Waals surface area contributed by atoms with Gasteiger partial charge in [0.05, 0.1) is 5.56 Å². The van der Waals surface area contributed by atoms with Crippen LogP contribution in [0.5, 0.6) is 11.5 Å². The zero-order chi connectivity index (χ0) is 16.3. The summed E-state index contributed by atoms with van der Waals surface area (Å²) in [4.78, 5) is 11.9. The highest BCUT2D eigenvalue weighted by atomic mass is 19.4. The molecular formula is C15H12F3NO3. The van der Waals surface area contributed by atoms with Gasteiger partial charge in [0.25, 0.3) is 5.91 Å². The first-order chi connectivity index (χ1) is 10.3. The molecule has 116 valence electrons. The summed E-state index contributed by atoms with van der Waals surface area (Å²) in [6.07, 6.45) is -4.41.